The first-order valence-corrected chi connectivity index (χ1v) is 9.64. The van der Waals surface area contributed by atoms with Crippen LogP contribution in [0.4, 0.5) is 0 Å². The molecule has 2 aliphatic heterocycles. The number of rotatable bonds is 7. The Morgan fingerprint density at radius 1 is 1.30 bits per heavy atom. The number of ether oxygens (including phenoxy) is 1. The van der Waals surface area contributed by atoms with Crippen molar-refractivity contribution in [1.82, 2.24) is 10.2 Å². The summed E-state index contributed by atoms with van der Waals surface area (Å²) in [6, 6.07) is 4.77. The van der Waals surface area contributed by atoms with Crippen LogP contribution in [0.3, 0.4) is 0 Å². The number of nitrogens with one attached hydrogen (secondary N) is 1. The van der Waals surface area contributed by atoms with Crippen molar-refractivity contribution in [2.75, 3.05) is 12.9 Å². The van der Waals surface area contributed by atoms with Gasteiger partial charge in [0.2, 0.25) is 0 Å². The number of fused-ring (bicyclic) bond motifs is 1. The molecule has 9 heteroatoms. The summed E-state index contributed by atoms with van der Waals surface area (Å²) in [5.41, 5.74) is 0.477. The molecule has 1 aromatic rings. The van der Waals surface area contributed by atoms with Crippen molar-refractivity contribution < 1.29 is 29.0 Å². The fourth-order valence-electron chi connectivity index (χ4n) is 3.33. The third-order valence-corrected chi connectivity index (χ3v) is 6.00. The van der Waals surface area contributed by atoms with Crippen LogP contribution in [0.15, 0.2) is 24.3 Å². The number of thioether (sulfide) groups is 1. The molecule has 2 amide bonds. The molecule has 1 aromatic carbocycles. The van der Waals surface area contributed by atoms with E-state index in [0.29, 0.717) is 18.6 Å². The molecule has 0 unspecified atom stereocenters. The maximum Gasteiger partial charge on any atom is 0.326 e. The maximum absolute atomic E-state index is 12.5. The Labute approximate surface area is 160 Å². The Bertz CT molecular complexity index is 748. The first kappa shape index (κ1) is 19.4. The molecule has 0 spiro atoms. The van der Waals surface area contributed by atoms with Crippen LogP contribution < -0.4 is 5.32 Å². The van der Waals surface area contributed by atoms with Gasteiger partial charge in [0.05, 0.1) is 23.6 Å². The number of carboxylic acids is 1. The third-order valence-electron chi connectivity index (χ3n) is 4.70. The van der Waals surface area contributed by atoms with E-state index in [-0.39, 0.29) is 34.9 Å². The lowest BCUT2D eigenvalue weighted by molar-refractivity contribution is -0.142. The number of methoxy groups -OCH3 is 1. The van der Waals surface area contributed by atoms with Crippen molar-refractivity contribution >= 4 is 35.5 Å². The fourth-order valence-corrected chi connectivity index (χ4v) is 4.58. The molecule has 0 bridgehead atoms. The van der Waals surface area contributed by atoms with Gasteiger partial charge in [-0.2, -0.15) is 0 Å². The highest BCUT2D eigenvalue weighted by atomic mass is 32.2. The molecule has 0 aliphatic carbocycles. The van der Waals surface area contributed by atoms with Gasteiger partial charge in [-0.05, 0) is 31.4 Å². The van der Waals surface area contributed by atoms with Gasteiger partial charge in [-0.15, -0.1) is 11.8 Å². The number of imide groups is 1. The molecule has 3 rings (SSSR count). The Morgan fingerprint density at radius 2 is 1.93 bits per heavy atom. The van der Waals surface area contributed by atoms with Gasteiger partial charge in [0, 0.05) is 5.75 Å². The highest BCUT2D eigenvalue weighted by molar-refractivity contribution is 8.00. The topological polar surface area (TPSA) is 113 Å². The number of hydrogen-bond donors (Lipinski definition) is 2. The minimum Gasteiger partial charge on any atom is -0.480 e. The first-order chi connectivity index (χ1) is 12.9. The molecule has 2 aliphatic rings. The summed E-state index contributed by atoms with van der Waals surface area (Å²) in [7, 11) is 1.33. The van der Waals surface area contributed by atoms with E-state index in [2.05, 4.69) is 5.32 Å². The van der Waals surface area contributed by atoms with Gasteiger partial charge in [-0.25, -0.2) is 4.79 Å². The lowest BCUT2D eigenvalue weighted by atomic mass is 10.1. The summed E-state index contributed by atoms with van der Waals surface area (Å²) in [6.45, 7) is 0. The van der Waals surface area contributed by atoms with Crippen LogP contribution in [0, 0.1) is 0 Å². The van der Waals surface area contributed by atoms with Crippen LogP contribution in [-0.4, -0.2) is 64.1 Å². The Morgan fingerprint density at radius 3 is 2.48 bits per heavy atom. The molecule has 0 radical (unpaired) electrons. The van der Waals surface area contributed by atoms with E-state index in [0.717, 1.165) is 4.90 Å². The van der Waals surface area contributed by atoms with Gasteiger partial charge in [-0.1, -0.05) is 12.1 Å². The van der Waals surface area contributed by atoms with E-state index in [1.807, 2.05) is 0 Å². The molecule has 1 saturated heterocycles. The monoisotopic (exact) mass is 392 g/mol. The fraction of sp³-hybridized carbons (Fsp3) is 0.444. The number of carboxylic acid groups (broad SMARTS) is 1. The second-order valence-electron chi connectivity index (χ2n) is 6.38. The lowest BCUT2D eigenvalue weighted by Crippen LogP contribution is -2.45. The number of amides is 2. The Balaban J connectivity index is 1.60. The smallest absolute Gasteiger partial charge is 0.326 e. The van der Waals surface area contributed by atoms with E-state index < -0.39 is 23.8 Å². The van der Waals surface area contributed by atoms with E-state index in [1.54, 1.807) is 23.9 Å². The lowest BCUT2D eigenvalue weighted by Gasteiger charge is -2.23. The highest BCUT2D eigenvalue weighted by Gasteiger charge is 2.42. The molecular weight excluding hydrogens is 372 g/mol. The maximum atomic E-state index is 12.5. The van der Waals surface area contributed by atoms with Crippen molar-refractivity contribution in [3.63, 3.8) is 0 Å². The number of nitrogens with zero attached hydrogens (tertiary/aromatic N) is 1. The minimum absolute atomic E-state index is 0.00530. The second-order valence-corrected chi connectivity index (χ2v) is 7.61. The van der Waals surface area contributed by atoms with Gasteiger partial charge in [-0.3, -0.25) is 24.6 Å². The largest absolute Gasteiger partial charge is 0.480 e. The molecule has 8 nitrogen and oxygen atoms in total. The summed E-state index contributed by atoms with van der Waals surface area (Å²) in [6.07, 6.45) is 1.26. The number of carbonyl (C=O) groups excluding carboxylic acids is 3. The summed E-state index contributed by atoms with van der Waals surface area (Å²) in [4.78, 5) is 49.1. The average molecular weight is 392 g/mol. The molecule has 27 heavy (non-hydrogen) atoms. The van der Waals surface area contributed by atoms with Crippen LogP contribution in [0.25, 0.3) is 0 Å². The molecule has 2 N–H and O–H groups in total. The van der Waals surface area contributed by atoms with Crippen LogP contribution in [-0.2, 0) is 14.3 Å². The minimum atomic E-state index is -1.21. The van der Waals surface area contributed by atoms with Crippen LogP contribution in [0.1, 0.15) is 40.0 Å². The Hall–Kier alpha value is -2.39. The standard InChI is InChI=1S/C18H20N2O6S/c1-26-18(25)12-9-27-14(19-12)8-4-7-13(17(23)24)20-15(21)10-5-2-3-6-11(10)16(20)22/h2-3,5-6,12-14,19H,4,7-9H2,1H3,(H,23,24)/t12-,13-,14+/m0/s1. The van der Waals surface area contributed by atoms with Gasteiger partial charge in [0.25, 0.3) is 11.8 Å². The van der Waals surface area contributed by atoms with Crippen LogP contribution in [0.5, 0.6) is 0 Å². The predicted octanol–water partition coefficient (Wildman–Crippen LogP) is 1.11. The van der Waals surface area contributed by atoms with Gasteiger partial charge in [0.15, 0.2) is 0 Å². The number of benzene rings is 1. The summed E-state index contributed by atoms with van der Waals surface area (Å²) in [5, 5.41) is 12.7. The molecule has 1 fully saturated rings. The van der Waals surface area contributed by atoms with Crippen molar-refractivity contribution in [2.24, 2.45) is 0 Å². The zero-order chi connectivity index (χ0) is 19.6. The normalized spacial score (nSPS) is 22.6. The van der Waals surface area contributed by atoms with E-state index in [1.165, 1.54) is 19.2 Å². The quantitative estimate of drug-likeness (QED) is 0.524. The zero-order valence-corrected chi connectivity index (χ0v) is 15.5. The zero-order valence-electron chi connectivity index (χ0n) is 14.7. The first-order valence-electron chi connectivity index (χ1n) is 8.59. The molecular formula is C18H20N2O6S. The predicted molar refractivity (Wildman–Crippen MR) is 97.4 cm³/mol. The van der Waals surface area contributed by atoms with Crippen molar-refractivity contribution in [1.29, 1.82) is 0 Å². The summed E-state index contributed by atoms with van der Waals surface area (Å²) >= 11 is 1.57. The van der Waals surface area contributed by atoms with E-state index >= 15 is 0 Å². The average Bonchev–Trinajstić information content (AvgIpc) is 3.23. The number of hydrogen-bond acceptors (Lipinski definition) is 7. The van der Waals surface area contributed by atoms with Crippen LogP contribution >= 0.6 is 11.8 Å². The SMILES string of the molecule is COC(=O)[C@@H]1CS[C@H](CCC[C@@H](C(=O)O)N2C(=O)c3ccccc3C2=O)N1. The molecule has 3 atom stereocenters. The second kappa shape index (κ2) is 8.10. The Kier molecular flexibility index (Phi) is 5.81. The number of carbonyl (C=O) groups is 4. The molecule has 144 valence electrons. The molecule has 2 heterocycles. The molecule has 0 aromatic heterocycles. The van der Waals surface area contributed by atoms with Crippen molar-refractivity contribution in [2.45, 2.75) is 36.7 Å². The van der Waals surface area contributed by atoms with E-state index in [4.69, 9.17) is 4.74 Å². The number of aliphatic carboxylic acids is 1. The van der Waals surface area contributed by atoms with Crippen molar-refractivity contribution in [3.05, 3.63) is 35.4 Å². The van der Waals surface area contributed by atoms with E-state index in [9.17, 15) is 24.3 Å². The van der Waals surface area contributed by atoms with Crippen LogP contribution in [0.2, 0.25) is 0 Å². The summed E-state index contributed by atoms with van der Waals surface area (Å²) in [5.74, 6) is -2.06. The van der Waals surface area contributed by atoms with Gasteiger partial charge in [0.1, 0.15) is 12.1 Å². The van der Waals surface area contributed by atoms with Crippen molar-refractivity contribution in [3.8, 4) is 0 Å². The highest BCUT2D eigenvalue weighted by Crippen LogP contribution is 2.28. The number of esters is 1. The van der Waals surface area contributed by atoms with Gasteiger partial charge < -0.3 is 9.84 Å². The molecule has 0 saturated carbocycles. The van der Waals surface area contributed by atoms with Gasteiger partial charge >= 0.3 is 11.9 Å². The summed E-state index contributed by atoms with van der Waals surface area (Å²) < 4.78 is 4.70. The third kappa shape index (κ3) is 3.84.